The van der Waals surface area contributed by atoms with Crippen LogP contribution in [0.4, 0.5) is 11.5 Å². The van der Waals surface area contributed by atoms with Gasteiger partial charge in [-0.15, -0.1) is 0 Å². The fraction of sp³-hybridized carbons (Fsp3) is 0.484. The van der Waals surface area contributed by atoms with Crippen LogP contribution in [0.25, 0.3) is 10.8 Å². The molecule has 202 valence electrons. The van der Waals surface area contributed by atoms with Gasteiger partial charge in [-0.1, -0.05) is 43.3 Å². The Bertz CT molecular complexity index is 1220. The van der Waals surface area contributed by atoms with Gasteiger partial charge in [-0.05, 0) is 68.8 Å². The standard InChI is InChI=1S/C31H41N5O2/c1-24-13-17-34(18-14-24)16-8-7-15-32-31(37)27-23-33-30(26-10-4-3-9-25(26)27)36-21-19-35(20-22-36)28-11-5-6-12-29(28)38-2/h3-6,9-12,23-24H,7-8,13-22H2,1-2H3,(H,32,37). The van der Waals surface area contributed by atoms with Crippen molar-refractivity contribution in [1.29, 1.82) is 0 Å². The van der Waals surface area contributed by atoms with E-state index >= 15 is 0 Å². The average molecular weight is 516 g/mol. The number of hydrogen-bond donors (Lipinski definition) is 1. The molecule has 2 fully saturated rings. The summed E-state index contributed by atoms with van der Waals surface area (Å²) in [5.74, 6) is 2.69. The number of benzene rings is 2. The number of nitrogens with one attached hydrogen (secondary N) is 1. The number of aromatic nitrogens is 1. The molecule has 0 spiro atoms. The summed E-state index contributed by atoms with van der Waals surface area (Å²) in [4.78, 5) is 25.2. The van der Waals surface area contributed by atoms with E-state index in [4.69, 9.17) is 9.72 Å². The number of rotatable bonds is 9. The summed E-state index contributed by atoms with van der Waals surface area (Å²) in [6.07, 6.45) is 6.49. The van der Waals surface area contributed by atoms with E-state index in [0.29, 0.717) is 12.1 Å². The van der Waals surface area contributed by atoms with Crippen LogP contribution in [0.3, 0.4) is 0 Å². The normalized spacial score (nSPS) is 17.1. The largest absolute Gasteiger partial charge is 0.495 e. The van der Waals surface area contributed by atoms with Crippen LogP contribution in [-0.4, -0.2) is 75.3 Å². The highest BCUT2D eigenvalue weighted by molar-refractivity contribution is 6.09. The van der Waals surface area contributed by atoms with E-state index in [1.165, 1.54) is 25.9 Å². The molecule has 2 aliphatic rings. The van der Waals surface area contributed by atoms with Gasteiger partial charge < -0.3 is 24.8 Å². The van der Waals surface area contributed by atoms with Crippen LogP contribution in [0.5, 0.6) is 5.75 Å². The Balaban J connectivity index is 1.19. The molecule has 38 heavy (non-hydrogen) atoms. The van der Waals surface area contributed by atoms with E-state index in [1.54, 1.807) is 13.3 Å². The first-order valence-corrected chi connectivity index (χ1v) is 14.1. The summed E-state index contributed by atoms with van der Waals surface area (Å²) in [6, 6.07) is 16.3. The summed E-state index contributed by atoms with van der Waals surface area (Å²) < 4.78 is 5.57. The van der Waals surface area contributed by atoms with Crippen molar-refractivity contribution in [2.45, 2.75) is 32.6 Å². The third kappa shape index (κ3) is 6.04. The molecule has 0 aliphatic carbocycles. The Kier molecular flexibility index (Phi) is 8.64. The predicted molar refractivity (Wildman–Crippen MR) is 156 cm³/mol. The fourth-order valence-corrected chi connectivity index (χ4v) is 5.70. The molecule has 3 heterocycles. The van der Waals surface area contributed by atoms with E-state index < -0.39 is 0 Å². The number of fused-ring (bicyclic) bond motifs is 1. The number of amides is 1. The molecule has 2 saturated heterocycles. The number of hydrogen-bond acceptors (Lipinski definition) is 6. The first-order valence-electron chi connectivity index (χ1n) is 14.1. The lowest BCUT2D eigenvalue weighted by molar-refractivity contribution is 0.0953. The van der Waals surface area contributed by atoms with Gasteiger partial charge in [0.15, 0.2) is 0 Å². The molecule has 0 unspecified atom stereocenters. The van der Waals surface area contributed by atoms with Crippen LogP contribution in [0.2, 0.25) is 0 Å². The second-order valence-electron chi connectivity index (χ2n) is 10.7. The number of likely N-dealkylation sites (tertiary alicyclic amines) is 1. The summed E-state index contributed by atoms with van der Waals surface area (Å²) in [7, 11) is 1.72. The van der Waals surface area contributed by atoms with E-state index in [1.807, 2.05) is 30.3 Å². The lowest BCUT2D eigenvalue weighted by atomic mass is 9.99. The minimum Gasteiger partial charge on any atom is -0.495 e. The first-order chi connectivity index (χ1) is 18.6. The predicted octanol–water partition coefficient (Wildman–Crippen LogP) is 4.81. The van der Waals surface area contributed by atoms with Gasteiger partial charge in [-0.3, -0.25) is 4.79 Å². The monoisotopic (exact) mass is 515 g/mol. The molecule has 0 bridgehead atoms. The summed E-state index contributed by atoms with van der Waals surface area (Å²) in [6.45, 7) is 10.1. The van der Waals surface area contributed by atoms with Crippen LogP contribution < -0.4 is 19.9 Å². The number of pyridine rings is 1. The van der Waals surface area contributed by atoms with Gasteiger partial charge in [0.25, 0.3) is 5.91 Å². The van der Waals surface area contributed by atoms with Crippen molar-refractivity contribution in [1.82, 2.24) is 15.2 Å². The summed E-state index contributed by atoms with van der Waals surface area (Å²) in [5.41, 5.74) is 1.78. The van der Waals surface area contributed by atoms with E-state index in [-0.39, 0.29) is 5.91 Å². The molecule has 0 radical (unpaired) electrons. The topological polar surface area (TPSA) is 60.9 Å². The highest BCUT2D eigenvalue weighted by Gasteiger charge is 2.23. The Morgan fingerprint density at radius 3 is 2.37 bits per heavy atom. The zero-order chi connectivity index (χ0) is 26.3. The van der Waals surface area contributed by atoms with Crippen molar-refractivity contribution in [2.24, 2.45) is 5.92 Å². The van der Waals surface area contributed by atoms with Crippen LogP contribution in [0.1, 0.15) is 43.0 Å². The minimum absolute atomic E-state index is 0.0342. The highest BCUT2D eigenvalue weighted by atomic mass is 16.5. The quantitative estimate of drug-likeness (QED) is 0.413. The Morgan fingerprint density at radius 2 is 1.61 bits per heavy atom. The Labute approximate surface area is 226 Å². The molecular formula is C31H41N5O2. The number of piperazine rings is 1. The zero-order valence-electron chi connectivity index (χ0n) is 22.9. The number of unbranched alkanes of at least 4 members (excludes halogenated alkanes) is 1. The second-order valence-corrected chi connectivity index (χ2v) is 10.7. The number of nitrogens with zero attached hydrogens (tertiary/aromatic N) is 4. The van der Waals surface area contributed by atoms with Crippen molar-refractivity contribution in [3.63, 3.8) is 0 Å². The maximum absolute atomic E-state index is 13.1. The van der Waals surface area contributed by atoms with Crippen molar-refractivity contribution in [2.75, 3.05) is 69.3 Å². The Morgan fingerprint density at radius 1 is 0.921 bits per heavy atom. The number of piperidine rings is 1. The van der Waals surface area contributed by atoms with Gasteiger partial charge in [0.05, 0.1) is 18.4 Å². The third-order valence-corrected chi connectivity index (χ3v) is 8.09. The van der Waals surface area contributed by atoms with Gasteiger partial charge >= 0.3 is 0 Å². The first kappa shape index (κ1) is 26.3. The Hall–Kier alpha value is -3.32. The SMILES string of the molecule is COc1ccccc1N1CCN(c2ncc(C(=O)NCCCCN3CCC(C)CC3)c3ccccc23)CC1. The van der Waals surface area contributed by atoms with Crippen molar-refractivity contribution < 1.29 is 9.53 Å². The molecule has 0 saturated carbocycles. The molecule has 0 atom stereocenters. The summed E-state index contributed by atoms with van der Waals surface area (Å²) in [5, 5.41) is 5.14. The molecule has 2 aliphatic heterocycles. The molecule has 1 N–H and O–H groups in total. The van der Waals surface area contributed by atoms with E-state index in [0.717, 1.165) is 79.5 Å². The van der Waals surface area contributed by atoms with E-state index in [2.05, 4.69) is 45.1 Å². The van der Waals surface area contributed by atoms with E-state index in [9.17, 15) is 4.79 Å². The lowest BCUT2D eigenvalue weighted by Crippen LogP contribution is -2.47. The molecule has 1 amide bonds. The van der Waals surface area contributed by atoms with Crippen molar-refractivity contribution in [3.8, 4) is 5.75 Å². The maximum atomic E-state index is 13.1. The average Bonchev–Trinajstić information content (AvgIpc) is 2.97. The third-order valence-electron chi connectivity index (χ3n) is 8.09. The molecule has 5 rings (SSSR count). The van der Waals surface area contributed by atoms with Crippen LogP contribution >= 0.6 is 0 Å². The van der Waals surface area contributed by atoms with Crippen LogP contribution in [0.15, 0.2) is 54.7 Å². The van der Waals surface area contributed by atoms with Crippen LogP contribution in [0, 0.1) is 5.92 Å². The number of methoxy groups -OCH3 is 1. The highest BCUT2D eigenvalue weighted by Crippen LogP contribution is 2.31. The number of carbonyl (C=O) groups excluding carboxylic acids is 1. The molecule has 2 aromatic carbocycles. The number of carbonyl (C=O) groups is 1. The number of para-hydroxylation sites is 2. The van der Waals surface area contributed by atoms with Crippen molar-refractivity contribution in [3.05, 3.63) is 60.3 Å². The van der Waals surface area contributed by atoms with Gasteiger partial charge in [-0.2, -0.15) is 0 Å². The van der Waals surface area contributed by atoms with Gasteiger partial charge in [0.2, 0.25) is 0 Å². The molecular weight excluding hydrogens is 474 g/mol. The molecule has 7 nitrogen and oxygen atoms in total. The lowest BCUT2D eigenvalue weighted by Gasteiger charge is -2.37. The van der Waals surface area contributed by atoms with Crippen LogP contribution in [-0.2, 0) is 0 Å². The van der Waals surface area contributed by atoms with Crippen molar-refractivity contribution >= 4 is 28.2 Å². The molecule has 3 aromatic rings. The molecule has 7 heteroatoms. The zero-order valence-corrected chi connectivity index (χ0v) is 22.9. The van der Waals surface area contributed by atoms with Gasteiger partial charge in [0, 0.05) is 44.3 Å². The second kappa shape index (κ2) is 12.5. The summed E-state index contributed by atoms with van der Waals surface area (Å²) >= 11 is 0. The number of anilines is 2. The smallest absolute Gasteiger partial charge is 0.253 e. The maximum Gasteiger partial charge on any atom is 0.253 e. The minimum atomic E-state index is -0.0342. The molecule has 1 aromatic heterocycles. The van der Waals surface area contributed by atoms with Gasteiger partial charge in [-0.25, -0.2) is 4.98 Å². The number of ether oxygens (including phenoxy) is 1. The van der Waals surface area contributed by atoms with Gasteiger partial charge in [0.1, 0.15) is 11.6 Å². The fourth-order valence-electron chi connectivity index (χ4n) is 5.70.